The van der Waals surface area contributed by atoms with E-state index in [2.05, 4.69) is 53.7 Å². The molecule has 0 fully saturated rings. The van der Waals surface area contributed by atoms with E-state index in [4.69, 9.17) is 4.52 Å². The number of hydrogen-bond donors (Lipinski definition) is 2. The Bertz CT molecular complexity index is 1020. The normalized spacial score (nSPS) is 11.3. The monoisotopic (exact) mass is 444 g/mol. The molecular weight excluding hydrogens is 420 g/mol. The summed E-state index contributed by atoms with van der Waals surface area (Å²) in [5.74, 6) is 0.840. The zero-order valence-electron chi connectivity index (χ0n) is 17.3. The first-order valence-corrected chi connectivity index (χ1v) is 11.4. The molecule has 2 amide bonds. The summed E-state index contributed by atoms with van der Waals surface area (Å²) >= 11 is 2.59. The van der Waals surface area contributed by atoms with Crippen LogP contribution >= 0.6 is 23.1 Å². The van der Waals surface area contributed by atoms with Gasteiger partial charge in [0, 0.05) is 17.0 Å². The van der Waals surface area contributed by atoms with Crippen LogP contribution in [-0.4, -0.2) is 33.5 Å². The number of carbonyl (C=O) groups excluding carboxylic acids is 2. The molecule has 0 saturated heterocycles. The lowest BCUT2D eigenvalue weighted by atomic mass is 9.86. The van der Waals surface area contributed by atoms with Crippen LogP contribution in [0.1, 0.15) is 32.1 Å². The van der Waals surface area contributed by atoms with Gasteiger partial charge in [-0.2, -0.15) is 0 Å². The van der Waals surface area contributed by atoms with Gasteiger partial charge in [-0.3, -0.25) is 9.59 Å². The van der Waals surface area contributed by atoms with Crippen LogP contribution in [0.3, 0.4) is 0 Å². The number of thioether (sulfide) groups is 1. The highest BCUT2D eigenvalue weighted by atomic mass is 32.2. The van der Waals surface area contributed by atoms with Crippen molar-refractivity contribution in [1.82, 2.24) is 10.1 Å². The molecule has 0 atom stereocenters. The first-order chi connectivity index (χ1) is 14.2. The van der Waals surface area contributed by atoms with Gasteiger partial charge in [0.25, 0.3) is 0 Å². The highest BCUT2D eigenvalue weighted by Gasteiger charge is 2.14. The third kappa shape index (κ3) is 6.17. The van der Waals surface area contributed by atoms with Crippen LogP contribution in [-0.2, 0) is 15.0 Å². The number of nitrogens with one attached hydrogen (secondary N) is 2. The van der Waals surface area contributed by atoms with Crippen molar-refractivity contribution in [2.24, 2.45) is 0 Å². The van der Waals surface area contributed by atoms with Crippen LogP contribution in [0.2, 0.25) is 0 Å². The van der Waals surface area contributed by atoms with E-state index < -0.39 is 0 Å². The number of aryl methyl sites for hydroxylation is 1. The lowest BCUT2D eigenvalue weighted by Gasteiger charge is -2.18. The molecule has 0 bridgehead atoms. The van der Waals surface area contributed by atoms with E-state index in [9.17, 15) is 9.59 Å². The average molecular weight is 445 g/mol. The van der Waals surface area contributed by atoms with Gasteiger partial charge < -0.3 is 15.2 Å². The van der Waals surface area contributed by atoms with Crippen molar-refractivity contribution < 1.29 is 14.1 Å². The Morgan fingerprint density at radius 1 is 1.10 bits per heavy atom. The Hall–Kier alpha value is -2.65. The Kier molecular flexibility index (Phi) is 6.94. The van der Waals surface area contributed by atoms with Gasteiger partial charge in [0.05, 0.1) is 17.2 Å². The lowest BCUT2D eigenvalue weighted by molar-refractivity contribution is -0.114. The maximum Gasteiger partial charge on any atom is 0.236 e. The van der Waals surface area contributed by atoms with Crippen LogP contribution in [0.5, 0.6) is 0 Å². The third-order valence-corrected chi connectivity index (χ3v) is 5.85. The molecule has 0 radical (unpaired) electrons. The van der Waals surface area contributed by atoms with E-state index in [1.807, 2.05) is 17.5 Å². The second-order valence-corrected chi connectivity index (χ2v) is 9.62. The number of benzene rings is 1. The van der Waals surface area contributed by atoms with E-state index in [1.54, 1.807) is 13.0 Å². The number of anilines is 2. The van der Waals surface area contributed by atoms with Crippen LogP contribution in [0.15, 0.2) is 40.2 Å². The highest BCUT2D eigenvalue weighted by molar-refractivity contribution is 8.00. The summed E-state index contributed by atoms with van der Waals surface area (Å²) in [7, 11) is 0. The predicted octanol–water partition coefficient (Wildman–Crippen LogP) is 4.71. The van der Waals surface area contributed by atoms with Crippen molar-refractivity contribution in [3.63, 3.8) is 0 Å². The topological polar surface area (TPSA) is 97.1 Å². The molecule has 30 heavy (non-hydrogen) atoms. The highest BCUT2D eigenvalue weighted by Crippen LogP contribution is 2.28. The molecule has 2 N–H and O–H groups in total. The maximum absolute atomic E-state index is 12.1. The summed E-state index contributed by atoms with van der Waals surface area (Å²) in [5.41, 5.74) is 3.19. The zero-order valence-corrected chi connectivity index (χ0v) is 18.9. The standard InChI is InChI=1S/C21H24N4O3S2/c1-13-9-17(25-28-13)23-18(26)11-29-12-19(27)24-20-22-16(10-30-20)14-5-7-15(8-6-14)21(2,3)4/h5-10H,11-12H2,1-4H3,(H,22,24,27)(H,23,25,26). The van der Waals surface area contributed by atoms with Gasteiger partial charge in [0.2, 0.25) is 11.8 Å². The maximum atomic E-state index is 12.1. The average Bonchev–Trinajstić information content (AvgIpc) is 3.30. The van der Waals surface area contributed by atoms with Crippen LogP contribution in [0.25, 0.3) is 11.3 Å². The minimum absolute atomic E-state index is 0.0995. The second kappa shape index (κ2) is 9.44. The van der Waals surface area contributed by atoms with Crippen molar-refractivity contribution in [2.75, 3.05) is 22.1 Å². The Balaban J connectivity index is 1.46. The molecule has 158 valence electrons. The van der Waals surface area contributed by atoms with E-state index in [0.717, 1.165) is 11.3 Å². The second-order valence-electron chi connectivity index (χ2n) is 7.78. The van der Waals surface area contributed by atoms with Crippen molar-refractivity contribution in [2.45, 2.75) is 33.1 Å². The first kappa shape index (κ1) is 22.0. The van der Waals surface area contributed by atoms with Crippen molar-refractivity contribution >= 4 is 45.9 Å². The number of rotatable bonds is 7. The van der Waals surface area contributed by atoms with Crippen LogP contribution < -0.4 is 10.6 Å². The van der Waals surface area contributed by atoms with Gasteiger partial charge in [-0.1, -0.05) is 50.2 Å². The number of nitrogens with zero attached hydrogens (tertiary/aromatic N) is 2. The number of amides is 2. The summed E-state index contributed by atoms with van der Waals surface area (Å²) in [5, 5.41) is 11.6. The van der Waals surface area contributed by atoms with Crippen LogP contribution in [0, 0.1) is 6.92 Å². The summed E-state index contributed by atoms with van der Waals surface area (Å²) < 4.78 is 4.89. The van der Waals surface area contributed by atoms with Gasteiger partial charge in [-0.25, -0.2) is 4.98 Å². The molecule has 0 aliphatic rings. The molecular formula is C21H24N4O3S2. The fraction of sp³-hybridized carbons (Fsp3) is 0.333. The van der Waals surface area contributed by atoms with Gasteiger partial charge in [0.1, 0.15) is 5.76 Å². The van der Waals surface area contributed by atoms with E-state index in [0.29, 0.717) is 16.7 Å². The zero-order chi connectivity index (χ0) is 21.7. The fourth-order valence-electron chi connectivity index (χ4n) is 2.60. The Morgan fingerprint density at radius 2 is 1.77 bits per heavy atom. The van der Waals surface area contributed by atoms with Crippen molar-refractivity contribution in [3.8, 4) is 11.3 Å². The molecule has 1 aromatic carbocycles. The number of aromatic nitrogens is 2. The van der Waals surface area contributed by atoms with E-state index >= 15 is 0 Å². The fourth-order valence-corrected chi connectivity index (χ4v) is 3.95. The van der Waals surface area contributed by atoms with E-state index in [1.165, 1.54) is 28.7 Å². The lowest BCUT2D eigenvalue weighted by Crippen LogP contribution is -2.18. The number of hydrogen-bond acceptors (Lipinski definition) is 7. The molecule has 2 heterocycles. The SMILES string of the molecule is Cc1cc(NC(=O)CSCC(=O)Nc2nc(-c3ccc(C(C)(C)C)cc3)cs2)no1. The minimum Gasteiger partial charge on any atom is -0.360 e. The molecule has 7 nitrogen and oxygen atoms in total. The number of thiazole rings is 1. The molecule has 0 saturated carbocycles. The molecule has 3 rings (SSSR count). The third-order valence-electron chi connectivity index (χ3n) is 4.16. The van der Waals surface area contributed by atoms with Gasteiger partial charge in [-0.15, -0.1) is 23.1 Å². The molecule has 0 aliphatic heterocycles. The van der Waals surface area contributed by atoms with Gasteiger partial charge >= 0.3 is 0 Å². The largest absolute Gasteiger partial charge is 0.360 e. The Labute approximate surface area is 183 Å². The summed E-state index contributed by atoms with van der Waals surface area (Å²) in [4.78, 5) is 28.5. The van der Waals surface area contributed by atoms with Crippen LogP contribution in [0.4, 0.5) is 10.9 Å². The first-order valence-electron chi connectivity index (χ1n) is 9.38. The quantitative estimate of drug-likeness (QED) is 0.548. The smallest absolute Gasteiger partial charge is 0.236 e. The molecule has 2 aromatic heterocycles. The summed E-state index contributed by atoms with van der Waals surface area (Å²) in [6, 6.07) is 9.94. The molecule has 0 unspecified atom stereocenters. The molecule has 3 aromatic rings. The summed E-state index contributed by atoms with van der Waals surface area (Å²) in [6.07, 6.45) is 0. The number of carbonyl (C=O) groups is 2. The molecule has 9 heteroatoms. The van der Waals surface area contributed by atoms with Gasteiger partial charge in [-0.05, 0) is 17.9 Å². The molecule has 0 spiro atoms. The predicted molar refractivity (Wildman–Crippen MR) is 122 cm³/mol. The minimum atomic E-state index is -0.240. The van der Waals surface area contributed by atoms with Crippen molar-refractivity contribution in [1.29, 1.82) is 0 Å². The molecule has 0 aliphatic carbocycles. The van der Waals surface area contributed by atoms with Gasteiger partial charge in [0.15, 0.2) is 10.9 Å². The van der Waals surface area contributed by atoms with Crippen molar-refractivity contribution in [3.05, 3.63) is 47.0 Å². The van der Waals surface area contributed by atoms with E-state index in [-0.39, 0.29) is 28.7 Å². The summed E-state index contributed by atoms with van der Waals surface area (Å²) in [6.45, 7) is 8.27. The Morgan fingerprint density at radius 3 is 2.37 bits per heavy atom.